The van der Waals surface area contributed by atoms with Crippen LogP contribution in [0.25, 0.3) is 0 Å². The van der Waals surface area contributed by atoms with E-state index in [4.69, 9.17) is 5.73 Å². The topological polar surface area (TPSA) is 58.4 Å². The fourth-order valence-electron chi connectivity index (χ4n) is 2.00. The van der Waals surface area contributed by atoms with E-state index in [-0.39, 0.29) is 5.91 Å². The van der Waals surface area contributed by atoms with Crippen LogP contribution in [-0.4, -0.2) is 31.4 Å². The molecule has 1 aromatic carbocycles. The molecule has 1 rings (SSSR count). The molecule has 0 heterocycles. The number of carbonyl (C=O) groups excluding carboxylic acids is 1. The van der Waals surface area contributed by atoms with Gasteiger partial charge in [0.15, 0.2) is 0 Å². The lowest BCUT2D eigenvalue weighted by Crippen LogP contribution is -2.21. The van der Waals surface area contributed by atoms with Crippen molar-refractivity contribution in [2.24, 2.45) is 5.92 Å². The predicted molar refractivity (Wildman–Crippen MR) is 86.1 cm³/mol. The molecule has 0 aromatic heterocycles. The highest BCUT2D eigenvalue weighted by molar-refractivity contribution is 5.95. The molecule has 3 N–H and O–H groups in total. The molecular formula is C16H27N3O. The van der Waals surface area contributed by atoms with Gasteiger partial charge in [0, 0.05) is 26.2 Å². The second kappa shape index (κ2) is 7.78. The van der Waals surface area contributed by atoms with E-state index in [0.717, 1.165) is 24.6 Å². The van der Waals surface area contributed by atoms with Gasteiger partial charge in [0.2, 0.25) is 0 Å². The standard InChI is InChI=1S/C16H27N3O/c1-12(2)7-5-6-10-18-15-11-13(8-9-14(15)17)16(20)19(3)4/h8-9,11-12,18H,5-7,10,17H2,1-4H3. The first-order valence-electron chi connectivity index (χ1n) is 7.27. The van der Waals surface area contributed by atoms with Crippen LogP contribution in [-0.2, 0) is 0 Å². The van der Waals surface area contributed by atoms with E-state index in [1.54, 1.807) is 31.1 Å². The number of rotatable bonds is 7. The molecule has 4 heteroatoms. The number of amides is 1. The van der Waals surface area contributed by atoms with E-state index in [1.807, 2.05) is 6.07 Å². The van der Waals surface area contributed by atoms with Crippen LogP contribution in [0.4, 0.5) is 11.4 Å². The fourth-order valence-corrected chi connectivity index (χ4v) is 2.00. The number of anilines is 2. The minimum absolute atomic E-state index is 0.00661. The smallest absolute Gasteiger partial charge is 0.253 e. The molecule has 0 fully saturated rings. The summed E-state index contributed by atoms with van der Waals surface area (Å²) < 4.78 is 0. The SMILES string of the molecule is CC(C)CCCCNc1cc(C(=O)N(C)C)ccc1N. The normalized spacial score (nSPS) is 10.7. The second-order valence-corrected chi connectivity index (χ2v) is 5.82. The molecule has 1 amide bonds. The van der Waals surface area contributed by atoms with Gasteiger partial charge in [0.1, 0.15) is 0 Å². The van der Waals surface area contributed by atoms with Gasteiger partial charge in [-0.15, -0.1) is 0 Å². The van der Waals surface area contributed by atoms with E-state index in [0.29, 0.717) is 11.3 Å². The Morgan fingerprint density at radius 3 is 2.60 bits per heavy atom. The van der Waals surface area contributed by atoms with Crippen molar-refractivity contribution in [1.29, 1.82) is 0 Å². The maximum atomic E-state index is 11.9. The number of nitrogens with two attached hydrogens (primary N) is 1. The van der Waals surface area contributed by atoms with Crippen molar-refractivity contribution in [3.05, 3.63) is 23.8 Å². The summed E-state index contributed by atoms with van der Waals surface area (Å²) in [7, 11) is 3.50. The van der Waals surface area contributed by atoms with Crippen LogP contribution in [0.3, 0.4) is 0 Å². The zero-order valence-corrected chi connectivity index (χ0v) is 13.1. The van der Waals surface area contributed by atoms with E-state index in [2.05, 4.69) is 19.2 Å². The molecule has 0 aliphatic heterocycles. The average Bonchev–Trinajstić information content (AvgIpc) is 2.39. The lowest BCUT2D eigenvalue weighted by Gasteiger charge is -2.14. The summed E-state index contributed by atoms with van der Waals surface area (Å²) in [6.07, 6.45) is 3.57. The van der Waals surface area contributed by atoms with Crippen molar-refractivity contribution in [1.82, 2.24) is 4.90 Å². The van der Waals surface area contributed by atoms with Gasteiger partial charge in [0.05, 0.1) is 11.4 Å². The van der Waals surface area contributed by atoms with Crippen LogP contribution < -0.4 is 11.1 Å². The minimum atomic E-state index is -0.00661. The van der Waals surface area contributed by atoms with Gasteiger partial charge in [0.25, 0.3) is 5.91 Å². The third-order valence-corrected chi connectivity index (χ3v) is 3.23. The highest BCUT2D eigenvalue weighted by atomic mass is 16.2. The first-order valence-corrected chi connectivity index (χ1v) is 7.27. The molecule has 0 bridgehead atoms. The Morgan fingerprint density at radius 1 is 1.30 bits per heavy atom. The van der Waals surface area contributed by atoms with Crippen molar-refractivity contribution >= 4 is 17.3 Å². The number of benzene rings is 1. The molecule has 112 valence electrons. The lowest BCUT2D eigenvalue weighted by atomic mass is 10.1. The number of nitrogens with one attached hydrogen (secondary N) is 1. The summed E-state index contributed by atoms with van der Waals surface area (Å²) in [5, 5.41) is 3.33. The van der Waals surface area contributed by atoms with E-state index < -0.39 is 0 Å². The Bertz CT molecular complexity index is 441. The van der Waals surface area contributed by atoms with Crippen molar-refractivity contribution in [2.45, 2.75) is 33.1 Å². The number of hydrogen-bond donors (Lipinski definition) is 2. The largest absolute Gasteiger partial charge is 0.397 e. The monoisotopic (exact) mass is 277 g/mol. The minimum Gasteiger partial charge on any atom is -0.397 e. The van der Waals surface area contributed by atoms with Gasteiger partial charge >= 0.3 is 0 Å². The van der Waals surface area contributed by atoms with E-state index >= 15 is 0 Å². The van der Waals surface area contributed by atoms with Crippen LogP contribution >= 0.6 is 0 Å². The van der Waals surface area contributed by atoms with Crippen molar-refractivity contribution < 1.29 is 4.79 Å². The molecule has 0 unspecified atom stereocenters. The molecule has 4 nitrogen and oxygen atoms in total. The summed E-state index contributed by atoms with van der Waals surface area (Å²) in [5.74, 6) is 0.744. The number of nitrogens with zero attached hydrogens (tertiary/aromatic N) is 1. The summed E-state index contributed by atoms with van der Waals surface area (Å²) in [6, 6.07) is 5.38. The van der Waals surface area contributed by atoms with Gasteiger partial charge in [-0.1, -0.05) is 26.7 Å². The molecule has 1 aromatic rings. The Balaban J connectivity index is 2.56. The molecule has 0 atom stereocenters. The fraction of sp³-hybridized carbons (Fsp3) is 0.562. The van der Waals surface area contributed by atoms with Gasteiger partial charge in [-0.3, -0.25) is 4.79 Å². The zero-order valence-electron chi connectivity index (χ0n) is 13.1. The summed E-state index contributed by atoms with van der Waals surface area (Å²) in [5.41, 5.74) is 8.14. The van der Waals surface area contributed by atoms with Crippen LogP contribution in [0.1, 0.15) is 43.5 Å². The van der Waals surface area contributed by atoms with Crippen LogP contribution in [0, 0.1) is 5.92 Å². The molecule has 0 aliphatic carbocycles. The number of hydrogen-bond acceptors (Lipinski definition) is 3. The quantitative estimate of drug-likeness (QED) is 0.594. The molecule has 0 radical (unpaired) electrons. The molecule has 0 saturated carbocycles. The Kier molecular flexibility index (Phi) is 6.36. The number of nitrogen functional groups attached to an aromatic ring is 1. The molecule has 0 saturated heterocycles. The Hall–Kier alpha value is -1.71. The van der Waals surface area contributed by atoms with Crippen molar-refractivity contribution in [3.8, 4) is 0 Å². The summed E-state index contributed by atoms with van der Waals surface area (Å²) >= 11 is 0. The van der Waals surface area contributed by atoms with Gasteiger partial charge in [-0.2, -0.15) is 0 Å². The van der Waals surface area contributed by atoms with Crippen LogP contribution in [0.2, 0.25) is 0 Å². The van der Waals surface area contributed by atoms with Crippen LogP contribution in [0.5, 0.6) is 0 Å². The molecular weight excluding hydrogens is 250 g/mol. The second-order valence-electron chi connectivity index (χ2n) is 5.82. The highest BCUT2D eigenvalue weighted by Crippen LogP contribution is 2.21. The number of carbonyl (C=O) groups is 1. The van der Waals surface area contributed by atoms with Crippen molar-refractivity contribution in [2.75, 3.05) is 31.7 Å². The molecule has 0 aliphatic rings. The van der Waals surface area contributed by atoms with E-state index in [9.17, 15) is 4.79 Å². The Morgan fingerprint density at radius 2 is 2.00 bits per heavy atom. The zero-order chi connectivity index (χ0) is 15.1. The first kappa shape index (κ1) is 16.3. The molecule has 0 spiro atoms. The maximum absolute atomic E-state index is 11.9. The summed E-state index contributed by atoms with van der Waals surface area (Å²) in [4.78, 5) is 13.5. The molecule has 20 heavy (non-hydrogen) atoms. The maximum Gasteiger partial charge on any atom is 0.253 e. The first-order chi connectivity index (χ1) is 9.41. The third kappa shape index (κ3) is 5.11. The summed E-state index contributed by atoms with van der Waals surface area (Å²) in [6.45, 7) is 5.36. The average molecular weight is 277 g/mol. The van der Waals surface area contributed by atoms with Gasteiger partial charge in [-0.05, 0) is 30.5 Å². The van der Waals surface area contributed by atoms with E-state index in [1.165, 1.54) is 12.8 Å². The highest BCUT2D eigenvalue weighted by Gasteiger charge is 2.09. The predicted octanol–water partition coefficient (Wildman–Crippen LogP) is 3.21. The third-order valence-electron chi connectivity index (χ3n) is 3.23. The van der Waals surface area contributed by atoms with Crippen LogP contribution in [0.15, 0.2) is 18.2 Å². The van der Waals surface area contributed by atoms with Crippen molar-refractivity contribution in [3.63, 3.8) is 0 Å². The number of unbranched alkanes of at least 4 members (excludes halogenated alkanes) is 1. The lowest BCUT2D eigenvalue weighted by molar-refractivity contribution is 0.0827. The Labute approximate surface area is 122 Å². The van der Waals surface area contributed by atoms with Gasteiger partial charge in [-0.25, -0.2) is 0 Å². The van der Waals surface area contributed by atoms with Gasteiger partial charge < -0.3 is 16.0 Å².